The van der Waals surface area contributed by atoms with E-state index in [2.05, 4.69) is 11.8 Å². The second-order valence-electron chi connectivity index (χ2n) is 9.99. The number of sulfonamides is 1. The molecule has 0 spiro atoms. The molecule has 2 heterocycles. The number of aliphatic hydroxyl groups is 1. The second kappa shape index (κ2) is 9.77. The molecule has 1 amide bonds. The van der Waals surface area contributed by atoms with Gasteiger partial charge in [-0.3, -0.25) is 4.79 Å². The van der Waals surface area contributed by atoms with Crippen LogP contribution in [0.3, 0.4) is 0 Å². The molecule has 2 aromatic rings. The third-order valence-electron chi connectivity index (χ3n) is 7.83. The highest BCUT2D eigenvalue weighted by Gasteiger charge is 2.55. The Morgan fingerprint density at radius 2 is 1.77 bits per heavy atom. The van der Waals surface area contributed by atoms with Crippen LogP contribution in [0.15, 0.2) is 53.4 Å². The van der Waals surface area contributed by atoms with Crippen molar-refractivity contribution in [3.63, 3.8) is 0 Å². The maximum atomic E-state index is 13.4. The van der Waals surface area contributed by atoms with Crippen LogP contribution < -0.4 is 0 Å². The van der Waals surface area contributed by atoms with Crippen LogP contribution in [0.2, 0.25) is 0 Å². The third-order valence-corrected chi connectivity index (χ3v) is 9.80. The number of piperazine rings is 1. The molecule has 2 aliphatic heterocycles. The van der Waals surface area contributed by atoms with E-state index in [0.29, 0.717) is 5.56 Å². The van der Waals surface area contributed by atoms with E-state index in [-0.39, 0.29) is 48.5 Å². The van der Waals surface area contributed by atoms with Gasteiger partial charge < -0.3 is 10.0 Å². The summed E-state index contributed by atoms with van der Waals surface area (Å²) in [6, 6.07) is 14.2. The molecule has 0 radical (unpaired) electrons. The lowest BCUT2D eigenvalue weighted by Gasteiger charge is -2.58. The van der Waals surface area contributed by atoms with E-state index in [0.717, 1.165) is 23.5 Å². The van der Waals surface area contributed by atoms with Crippen LogP contribution in [0.1, 0.15) is 54.7 Å². The highest BCUT2D eigenvalue weighted by molar-refractivity contribution is 7.89. The minimum Gasteiger partial charge on any atom is -0.394 e. The summed E-state index contributed by atoms with van der Waals surface area (Å²) in [6.07, 6.45) is 6.15. The van der Waals surface area contributed by atoms with Gasteiger partial charge in [0.2, 0.25) is 15.9 Å². The molecule has 5 rings (SSSR count). The zero-order valence-electron chi connectivity index (χ0n) is 20.1. The van der Waals surface area contributed by atoms with Crippen LogP contribution in [-0.2, 0) is 14.8 Å². The van der Waals surface area contributed by atoms with E-state index < -0.39 is 10.0 Å². The highest BCUT2D eigenvalue weighted by atomic mass is 32.2. The smallest absolute Gasteiger partial charge is 0.243 e. The zero-order chi connectivity index (χ0) is 24.6. The molecule has 1 saturated carbocycles. The maximum absolute atomic E-state index is 13.4. The normalized spacial score (nSPS) is 25.0. The summed E-state index contributed by atoms with van der Waals surface area (Å²) < 4.78 is 28.0. The van der Waals surface area contributed by atoms with Crippen LogP contribution in [0.4, 0.5) is 0 Å². The number of aliphatic hydroxyl groups excluding tert-OH is 1. The predicted molar refractivity (Wildman–Crippen MR) is 134 cm³/mol. The first-order valence-corrected chi connectivity index (χ1v) is 13.9. The van der Waals surface area contributed by atoms with Crippen LogP contribution in [0.25, 0.3) is 0 Å². The molecule has 184 valence electrons. The first-order chi connectivity index (χ1) is 16.9. The molecular weight excluding hydrogens is 460 g/mol. The number of rotatable bonds is 5. The Morgan fingerprint density at radius 1 is 1.06 bits per heavy atom. The van der Waals surface area contributed by atoms with Crippen molar-refractivity contribution in [2.24, 2.45) is 5.92 Å². The Kier molecular flexibility index (Phi) is 6.71. The number of hydrogen-bond acceptors (Lipinski definition) is 4. The summed E-state index contributed by atoms with van der Waals surface area (Å²) in [4.78, 5) is 14.9. The molecule has 0 aromatic heterocycles. The molecule has 35 heavy (non-hydrogen) atoms. The van der Waals surface area contributed by atoms with Crippen molar-refractivity contribution in [2.45, 2.75) is 61.9 Å². The van der Waals surface area contributed by atoms with Gasteiger partial charge in [-0.1, -0.05) is 55.0 Å². The Bertz CT molecular complexity index is 1260. The first-order valence-electron chi connectivity index (χ1n) is 12.5. The standard InChI is InChI=1S/C28H32N2O4S/c1-20-7-2-5-12-26(20)35(33,34)29-17-24-28(25(19-31)30(24)27(32)18-29)23-15-13-22(14-16-23)11-6-10-21-8-3-4-9-21/h2,5,7,12-16,21,24-25,28,31H,3-4,8-10,17-19H2,1H3/t24-,25+,28+/m0/s1. The van der Waals surface area contributed by atoms with Gasteiger partial charge in [0.25, 0.3) is 0 Å². The number of carbonyl (C=O) groups excluding carboxylic acids is 1. The van der Waals surface area contributed by atoms with Gasteiger partial charge in [0.15, 0.2) is 0 Å². The second-order valence-corrected chi connectivity index (χ2v) is 11.9. The minimum absolute atomic E-state index is 0.126. The number of hydrogen-bond donors (Lipinski definition) is 1. The van der Waals surface area contributed by atoms with Crippen LogP contribution in [-0.4, -0.2) is 60.4 Å². The molecule has 3 aliphatic rings. The van der Waals surface area contributed by atoms with Gasteiger partial charge in [-0.2, -0.15) is 4.31 Å². The van der Waals surface area contributed by atoms with E-state index in [4.69, 9.17) is 0 Å². The van der Waals surface area contributed by atoms with E-state index in [9.17, 15) is 18.3 Å². The van der Waals surface area contributed by atoms with Gasteiger partial charge in [0.1, 0.15) is 0 Å². The monoisotopic (exact) mass is 492 g/mol. The van der Waals surface area contributed by atoms with Crippen molar-refractivity contribution in [2.75, 3.05) is 19.7 Å². The van der Waals surface area contributed by atoms with Crippen LogP contribution >= 0.6 is 0 Å². The molecule has 2 saturated heterocycles. The molecule has 1 aliphatic carbocycles. The molecule has 0 unspecified atom stereocenters. The van der Waals surface area contributed by atoms with E-state index in [1.807, 2.05) is 24.3 Å². The van der Waals surface area contributed by atoms with E-state index in [1.165, 1.54) is 30.0 Å². The van der Waals surface area contributed by atoms with Crippen LogP contribution in [0, 0.1) is 24.7 Å². The molecule has 2 aromatic carbocycles. The molecule has 3 atom stereocenters. The summed E-state index contributed by atoms with van der Waals surface area (Å²) in [5.74, 6) is 6.92. The van der Waals surface area contributed by atoms with E-state index in [1.54, 1.807) is 36.1 Å². The summed E-state index contributed by atoms with van der Waals surface area (Å²) in [5.41, 5.74) is 2.60. The van der Waals surface area contributed by atoms with Crippen LogP contribution in [0.5, 0.6) is 0 Å². The fraction of sp³-hybridized carbons (Fsp3) is 0.464. The summed E-state index contributed by atoms with van der Waals surface area (Å²) in [5, 5.41) is 10.0. The molecule has 7 heteroatoms. The van der Waals surface area contributed by atoms with Gasteiger partial charge in [-0.15, -0.1) is 0 Å². The number of carbonyl (C=O) groups is 1. The van der Waals surface area contributed by atoms with Gasteiger partial charge in [0, 0.05) is 24.4 Å². The Balaban J connectivity index is 1.34. The first kappa shape index (κ1) is 24.1. The Morgan fingerprint density at radius 3 is 2.46 bits per heavy atom. The highest BCUT2D eigenvalue weighted by Crippen LogP contribution is 2.43. The number of aryl methyl sites for hydroxylation is 1. The average molecular weight is 493 g/mol. The van der Waals surface area contributed by atoms with Crippen molar-refractivity contribution >= 4 is 15.9 Å². The maximum Gasteiger partial charge on any atom is 0.243 e. The number of fused-ring (bicyclic) bond motifs is 1. The average Bonchev–Trinajstić information content (AvgIpc) is 3.35. The number of benzene rings is 2. The van der Waals surface area contributed by atoms with Crippen molar-refractivity contribution < 1.29 is 18.3 Å². The SMILES string of the molecule is Cc1ccccc1S(=O)(=O)N1CC(=O)N2[C@H](CO)[C@H](c3ccc(C#CCC4CCCC4)cc3)[C@@H]2C1. The van der Waals surface area contributed by atoms with Gasteiger partial charge >= 0.3 is 0 Å². The summed E-state index contributed by atoms with van der Waals surface area (Å²) in [6.45, 7) is 1.62. The van der Waals surface area contributed by atoms with Crippen molar-refractivity contribution in [1.82, 2.24) is 9.21 Å². The topological polar surface area (TPSA) is 77.9 Å². The quantitative estimate of drug-likeness (QED) is 0.650. The summed E-state index contributed by atoms with van der Waals surface area (Å²) >= 11 is 0. The predicted octanol–water partition coefficient (Wildman–Crippen LogP) is 3.29. The lowest BCUT2D eigenvalue weighted by atomic mass is 9.74. The molecule has 6 nitrogen and oxygen atoms in total. The van der Waals surface area contributed by atoms with Gasteiger partial charge in [-0.05, 0) is 55.0 Å². The Hall–Kier alpha value is -2.66. The Labute approximate surface area is 208 Å². The zero-order valence-corrected chi connectivity index (χ0v) is 20.9. The van der Waals surface area contributed by atoms with Gasteiger partial charge in [0.05, 0.1) is 30.1 Å². The lowest BCUT2D eigenvalue weighted by Crippen LogP contribution is -2.73. The summed E-state index contributed by atoms with van der Waals surface area (Å²) in [7, 11) is -3.80. The van der Waals surface area contributed by atoms with Crippen molar-refractivity contribution in [1.29, 1.82) is 0 Å². The van der Waals surface area contributed by atoms with Crippen molar-refractivity contribution in [3.8, 4) is 11.8 Å². The molecule has 3 fully saturated rings. The minimum atomic E-state index is -3.80. The molecule has 0 bridgehead atoms. The third kappa shape index (κ3) is 4.51. The lowest BCUT2D eigenvalue weighted by molar-refractivity contribution is -0.158. The van der Waals surface area contributed by atoms with Gasteiger partial charge in [-0.25, -0.2) is 8.42 Å². The largest absolute Gasteiger partial charge is 0.394 e. The molecule has 1 N–H and O–H groups in total. The fourth-order valence-corrected chi connectivity index (χ4v) is 7.57. The molecular formula is C28H32N2O4S. The fourth-order valence-electron chi connectivity index (χ4n) is 5.94. The number of nitrogens with zero attached hydrogens (tertiary/aromatic N) is 2. The van der Waals surface area contributed by atoms with E-state index >= 15 is 0 Å². The van der Waals surface area contributed by atoms with Crippen molar-refractivity contribution in [3.05, 3.63) is 65.2 Å². The number of amides is 1.